The van der Waals surface area contributed by atoms with E-state index in [0.29, 0.717) is 6.42 Å². The minimum atomic E-state index is -0.874. The Morgan fingerprint density at radius 2 is 0.570 bits per heavy atom. The molecule has 0 aliphatic rings. The molecular weight excluding hydrogens is 963 g/mol. The molecule has 0 rings (SSSR count). The topological polar surface area (TPSA) is 69.6 Å². The lowest BCUT2D eigenvalue weighted by Crippen LogP contribution is -2.45. The summed E-state index contributed by atoms with van der Waals surface area (Å²) in [5, 5.41) is 23.3. The van der Waals surface area contributed by atoms with Crippen molar-refractivity contribution in [3.8, 4) is 0 Å². The van der Waals surface area contributed by atoms with Crippen LogP contribution >= 0.6 is 0 Å². The number of amides is 1. The van der Waals surface area contributed by atoms with E-state index in [1.807, 2.05) is 6.08 Å². The number of carbonyl (C=O) groups is 1. The summed E-state index contributed by atoms with van der Waals surface area (Å²) in [6.45, 7) is 4.20. The van der Waals surface area contributed by atoms with Crippen molar-refractivity contribution in [2.45, 2.75) is 341 Å². The third-order valence-corrected chi connectivity index (χ3v) is 15.2. The van der Waals surface area contributed by atoms with E-state index in [2.05, 4.69) is 129 Å². The number of rotatable bonds is 62. The lowest BCUT2D eigenvalue weighted by molar-refractivity contribution is -0.123. The van der Waals surface area contributed by atoms with E-state index in [9.17, 15) is 15.0 Å². The molecule has 0 aliphatic heterocycles. The van der Waals surface area contributed by atoms with Crippen LogP contribution in [0.25, 0.3) is 0 Å². The predicted octanol–water partition coefficient (Wildman–Crippen LogP) is 23.5. The molecule has 0 saturated carbocycles. The van der Waals surface area contributed by atoms with Crippen molar-refractivity contribution >= 4 is 5.91 Å². The summed E-state index contributed by atoms with van der Waals surface area (Å²) in [5.74, 6) is -0.0800. The van der Waals surface area contributed by atoms with E-state index in [4.69, 9.17) is 0 Å². The van der Waals surface area contributed by atoms with Crippen LogP contribution in [-0.2, 0) is 4.79 Å². The largest absolute Gasteiger partial charge is 0.394 e. The molecule has 3 N–H and O–H groups in total. The SMILES string of the molecule is CC/C=C\C/C=C\C/C=C\C/C=C\C/C=C\C/C=C\C/C=C\C/C=C\CCCCCCCCCCCCC(=O)NC(CO)C(O)/C=C/CC/C=C/CCCCCCCCCCCCCCCCCCCCCCCCCCCC. The highest BCUT2D eigenvalue weighted by molar-refractivity contribution is 5.76. The fourth-order valence-corrected chi connectivity index (χ4v) is 10.0. The Morgan fingerprint density at radius 3 is 0.886 bits per heavy atom. The van der Waals surface area contributed by atoms with E-state index in [0.717, 1.165) is 89.9 Å². The molecule has 0 aromatic rings. The van der Waals surface area contributed by atoms with E-state index in [1.165, 1.54) is 218 Å². The van der Waals surface area contributed by atoms with E-state index in [1.54, 1.807) is 6.08 Å². The van der Waals surface area contributed by atoms with Crippen molar-refractivity contribution in [3.63, 3.8) is 0 Å². The van der Waals surface area contributed by atoms with Crippen LogP contribution in [0.1, 0.15) is 328 Å². The van der Waals surface area contributed by atoms with Gasteiger partial charge in [0.05, 0.1) is 18.8 Å². The molecule has 79 heavy (non-hydrogen) atoms. The first kappa shape index (κ1) is 75.8. The molecule has 4 nitrogen and oxygen atoms in total. The zero-order valence-corrected chi connectivity index (χ0v) is 52.4. The number of hydrogen-bond acceptors (Lipinski definition) is 3. The molecule has 0 radical (unpaired) electrons. The lowest BCUT2D eigenvalue weighted by atomic mass is 10.0. The smallest absolute Gasteiger partial charge is 0.220 e. The van der Waals surface area contributed by atoms with Crippen molar-refractivity contribution in [2.75, 3.05) is 6.61 Å². The second-order valence-corrected chi connectivity index (χ2v) is 22.9. The summed E-state index contributed by atoms with van der Waals surface area (Å²) in [6.07, 6.45) is 106. The highest BCUT2D eigenvalue weighted by Crippen LogP contribution is 2.17. The number of carbonyl (C=O) groups excluding carboxylic acids is 1. The van der Waals surface area contributed by atoms with Crippen molar-refractivity contribution < 1.29 is 15.0 Å². The van der Waals surface area contributed by atoms with Crippen molar-refractivity contribution in [1.82, 2.24) is 5.32 Å². The summed E-state index contributed by atoms with van der Waals surface area (Å²) in [4.78, 5) is 12.5. The Hall–Kier alpha value is -3.21. The summed E-state index contributed by atoms with van der Waals surface area (Å²) >= 11 is 0. The van der Waals surface area contributed by atoms with Gasteiger partial charge in [-0.05, 0) is 96.3 Å². The third-order valence-electron chi connectivity index (χ3n) is 15.2. The van der Waals surface area contributed by atoms with Gasteiger partial charge in [-0.1, -0.05) is 347 Å². The van der Waals surface area contributed by atoms with Crippen LogP contribution in [-0.4, -0.2) is 34.9 Å². The summed E-state index contributed by atoms with van der Waals surface area (Å²) in [6, 6.07) is -0.652. The van der Waals surface area contributed by atoms with Crippen LogP contribution in [0, 0.1) is 0 Å². The van der Waals surface area contributed by atoms with Gasteiger partial charge in [-0.15, -0.1) is 0 Å². The summed E-state index contributed by atoms with van der Waals surface area (Å²) < 4.78 is 0. The van der Waals surface area contributed by atoms with Crippen LogP contribution in [0.15, 0.2) is 122 Å². The highest BCUT2D eigenvalue weighted by atomic mass is 16.3. The zero-order chi connectivity index (χ0) is 56.9. The Morgan fingerprint density at radius 1 is 0.316 bits per heavy atom. The molecule has 0 spiro atoms. The van der Waals surface area contributed by atoms with Gasteiger partial charge in [0, 0.05) is 6.42 Å². The average Bonchev–Trinajstić information content (AvgIpc) is 3.45. The molecule has 2 atom stereocenters. The van der Waals surface area contributed by atoms with Crippen LogP contribution in [0.3, 0.4) is 0 Å². The Balaban J connectivity index is 3.56. The van der Waals surface area contributed by atoms with E-state index in [-0.39, 0.29) is 12.5 Å². The summed E-state index contributed by atoms with van der Waals surface area (Å²) in [7, 11) is 0. The van der Waals surface area contributed by atoms with Crippen LogP contribution < -0.4 is 5.32 Å². The quantitative estimate of drug-likeness (QED) is 0.0420. The molecule has 0 aliphatic carbocycles. The first-order valence-corrected chi connectivity index (χ1v) is 34.2. The molecule has 4 heteroatoms. The molecular formula is C75H131NO3. The normalized spacial score (nSPS) is 13.5. The van der Waals surface area contributed by atoms with Gasteiger partial charge in [0.2, 0.25) is 5.91 Å². The highest BCUT2D eigenvalue weighted by Gasteiger charge is 2.18. The van der Waals surface area contributed by atoms with Gasteiger partial charge >= 0.3 is 0 Å². The number of unbranched alkanes of at least 4 members (excludes halogenated alkanes) is 37. The maximum atomic E-state index is 12.5. The lowest BCUT2D eigenvalue weighted by Gasteiger charge is -2.19. The van der Waals surface area contributed by atoms with Gasteiger partial charge in [-0.25, -0.2) is 0 Å². The van der Waals surface area contributed by atoms with Crippen molar-refractivity contribution in [2.24, 2.45) is 0 Å². The monoisotopic (exact) mass is 1090 g/mol. The molecule has 0 saturated heterocycles. The number of allylic oxidation sites excluding steroid dienone is 19. The van der Waals surface area contributed by atoms with Gasteiger partial charge in [-0.3, -0.25) is 4.79 Å². The van der Waals surface area contributed by atoms with Gasteiger partial charge in [0.15, 0.2) is 0 Å². The standard InChI is InChI=1S/C75H131NO3/c1-3-5-7-9-11-13-15-17-19-21-23-25-27-29-31-33-35-37-38-39-41-43-45-47-49-51-53-55-57-59-61-63-65-67-69-71-75(79)76-73(72-77)74(78)70-68-66-64-62-60-58-56-54-52-50-48-46-44-42-40-36-34-32-30-28-26-24-22-20-18-16-14-12-10-8-6-4-2/h5,7,11,13,17,19,23,25,29,31,35,37,39,41,45,47,60,62,68,70,73-74,77-78H,3-4,6,8-10,12,14-16,18,20-22,24,26-28,30,32-34,36,38,40,42-44,46,48-59,61,63-67,69,71-72H2,1-2H3,(H,76,79)/b7-5-,13-11-,19-17-,25-23-,31-29-,37-35-,41-39-,47-45-,62-60+,70-68+. The molecule has 0 heterocycles. The average molecular weight is 1090 g/mol. The fraction of sp³-hybridized carbons (Fsp3) is 0.720. The molecule has 454 valence electrons. The Kier molecular flexibility index (Phi) is 66.3. The molecule has 0 aromatic carbocycles. The van der Waals surface area contributed by atoms with Gasteiger partial charge in [0.25, 0.3) is 0 Å². The minimum Gasteiger partial charge on any atom is -0.394 e. The summed E-state index contributed by atoms with van der Waals surface area (Å²) in [5.41, 5.74) is 0. The number of aliphatic hydroxyl groups is 2. The first-order valence-electron chi connectivity index (χ1n) is 34.2. The second-order valence-electron chi connectivity index (χ2n) is 22.9. The van der Waals surface area contributed by atoms with Gasteiger partial charge in [0.1, 0.15) is 0 Å². The van der Waals surface area contributed by atoms with Crippen LogP contribution in [0.2, 0.25) is 0 Å². The zero-order valence-electron chi connectivity index (χ0n) is 52.4. The minimum absolute atomic E-state index is 0.0800. The maximum absolute atomic E-state index is 12.5. The van der Waals surface area contributed by atoms with Crippen LogP contribution in [0.4, 0.5) is 0 Å². The number of aliphatic hydroxyl groups excluding tert-OH is 2. The molecule has 2 unspecified atom stereocenters. The molecule has 0 fully saturated rings. The predicted molar refractivity (Wildman–Crippen MR) is 354 cm³/mol. The number of hydrogen-bond donors (Lipinski definition) is 3. The Labute approximate surface area is 492 Å². The van der Waals surface area contributed by atoms with Crippen LogP contribution in [0.5, 0.6) is 0 Å². The second kappa shape index (κ2) is 69.1. The molecule has 0 aromatic heterocycles. The maximum Gasteiger partial charge on any atom is 0.220 e. The van der Waals surface area contributed by atoms with Crippen molar-refractivity contribution in [3.05, 3.63) is 122 Å². The van der Waals surface area contributed by atoms with Gasteiger partial charge < -0.3 is 15.5 Å². The van der Waals surface area contributed by atoms with Crippen molar-refractivity contribution in [1.29, 1.82) is 0 Å². The molecule has 1 amide bonds. The first-order chi connectivity index (χ1) is 39.2. The fourth-order valence-electron chi connectivity index (χ4n) is 10.0. The molecule has 0 bridgehead atoms. The number of nitrogens with one attached hydrogen (secondary N) is 1. The third kappa shape index (κ3) is 65.5. The Bertz CT molecular complexity index is 1520. The van der Waals surface area contributed by atoms with E-state index >= 15 is 0 Å². The van der Waals surface area contributed by atoms with Gasteiger partial charge in [-0.2, -0.15) is 0 Å². The van der Waals surface area contributed by atoms with E-state index < -0.39 is 12.1 Å².